The maximum absolute atomic E-state index is 6.02. The number of nitrogens with one attached hydrogen (secondary N) is 1. The summed E-state index contributed by atoms with van der Waals surface area (Å²) in [6.45, 7) is 11.7. The molecule has 1 N–H and O–H groups in total. The summed E-state index contributed by atoms with van der Waals surface area (Å²) in [6, 6.07) is 8.56. The fraction of sp³-hybridized carbons (Fsp3) is 0.667. The van der Waals surface area contributed by atoms with Crippen LogP contribution in [0.1, 0.15) is 47.5 Å². The summed E-state index contributed by atoms with van der Waals surface area (Å²) >= 11 is 0. The second-order valence-corrected chi connectivity index (χ2v) is 7.48. The van der Waals surface area contributed by atoms with E-state index in [-0.39, 0.29) is 5.54 Å². The molecule has 0 atom stereocenters. The van der Waals surface area contributed by atoms with E-state index >= 15 is 0 Å². The third-order valence-corrected chi connectivity index (χ3v) is 3.42. The average Bonchev–Trinajstić information content (AvgIpc) is 2.33. The topological polar surface area (TPSA) is 30.5 Å². The van der Waals surface area contributed by atoms with Crippen molar-refractivity contribution in [1.29, 1.82) is 0 Å². The minimum atomic E-state index is 0.181. The molecule has 0 unspecified atom stereocenters. The Morgan fingerprint density at radius 1 is 1.19 bits per heavy atom. The fourth-order valence-corrected chi connectivity index (χ4v) is 2.48. The molecular formula is C18H29NO2. The van der Waals surface area contributed by atoms with Crippen LogP contribution in [0.15, 0.2) is 24.3 Å². The summed E-state index contributed by atoms with van der Waals surface area (Å²) in [7, 11) is 0. The number of ether oxygens (including phenoxy) is 2. The molecule has 3 nitrogen and oxygen atoms in total. The van der Waals surface area contributed by atoms with Gasteiger partial charge in [-0.2, -0.15) is 0 Å². The Kier molecular flexibility index (Phi) is 5.15. The molecule has 0 spiro atoms. The van der Waals surface area contributed by atoms with Gasteiger partial charge in [0.05, 0.1) is 6.61 Å². The van der Waals surface area contributed by atoms with Gasteiger partial charge in [-0.1, -0.05) is 19.9 Å². The van der Waals surface area contributed by atoms with Gasteiger partial charge >= 0.3 is 0 Å². The summed E-state index contributed by atoms with van der Waals surface area (Å²) < 4.78 is 11.8. The zero-order chi connectivity index (χ0) is 15.5. The van der Waals surface area contributed by atoms with E-state index in [0.29, 0.717) is 18.1 Å². The minimum Gasteiger partial charge on any atom is -0.493 e. The molecule has 2 rings (SSSR count). The summed E-state index contributed by atoms with van der Waals surface area (Å²) in [5, 5.41) is 3.61. The molecule has 118 valence electrons. The number of benzene rings is 1. The van der Waals surface area contributed by atoms with Crippen molar-refractivity contribution in [2.75, 3.05) is 6.61 Å². The summed E-state index contributed by atoms with van der Waals surface area (Å²) in [6.07, 6.45) is 2.48. The molecule has 0 bridgehead atoms. The quantitative estimate of drug-likeness (QED) is 0.858. The van der Waals surface area contributed by atoms with Crippen LogP contribution < -0.4 is 14.8 Å². The molecular weight excluding hydrogens is 262 g/mol. The average molecular weight is 291 g/mol. The minimum absolute atomic E-state index is 0.181. The van der Waals surface area contributed by atoms with Crippen molar-refractivity contribution in [3.05, 3.63) is 24.3 Å². The Morgan fingerprint density at radius 3 is 2.48 bits per heavy atom. The van der Waals surface area contributed by atoms with E-state index in [0.717, 1.165) is 30.9 Å². The molecule has 0 saturated heterocycles. The third kappa shape index (κ3) is 5.58. The molecule has 0 aliphatic heterocycles. The molecule has 1 aromatic rings. The maximum atomic E-state index is 6.02. The first kappa shape index (κ1) is 16.2. The normalized spacial score (nSPS) is 22.0. The van der Waals surface area contributed by atoms with E-state index in [1.165, 1.54) is 0 Å². The molecule has 1 fully saturated rings. The lowest BCUT2D eigenvalue weighted by Gasteiger charge is -2.40. The van der Waals surface area contributed by atoms with Crippen LogP contribution in [0.3, 0.4) is 0 Å². The van der Waals surface area contributed by atoms with Crippen molar-refractivity contribution in [1.82, 2.24) is 5.32 Å². The molecule has 21 heavy (non-hydrogen) atoms. The van der Waals surface area contributed by atoms with E-state index in [2.05, 4.69) is 39.9 Å². The second kappa shape index (κ2) is 6.69. The van der Waals surface area contributed by atoms with Crippen LogP contribution in [-0.4, -0.2) is 24.3 Å². The van der Waals surface area contributed by atoms with Gasteiger partial charge in [-0.25, -0.2) is 0 Å². The largest absolute Gasteiger partial charge is 0.493 e. The molecule has 1 aliphatic carbocycles. The van der Waals surface area contributed by atoms with E-state index in [1.807, 2.05) is 24.3 Å². The maximum Gasteiger partial charge on any atom is 0.123 e. The SMILES string of the molecule is CC(C)COc1cccc(OC2CC(NC(C)(C)C)C2)c1. The third-order valence-electron chi connectivity index (χ3n) is 3.42. The molecule has 1 aliphatic rings. The standard InChI is InChI=1S/C18H29NO2/c1-13(2)12-20-15-7-6-8-16(11-15)21-17-9-14(10-17)19-18(3,4)5/h6-8,11,13-14,17,19H,9-10,12H2,1-5H3. The van der Waals surface area contributed by atoms with Crippen LogP contribution in [0, 0.1) is 5.92 Å². The molecule has 1 aromatic carbocycles. The zero-order valence-electron chi connectivity index (χ0n) is 14.0. The van der Waals surface area contributed by atoms with Crippen LogP contribution >= 0.6 is 0 Å². The molecule has 0 amide bonds. The first-order valence-electron chi connectivity index (χ1n) is 7.99. The van der Waals surface area contributed by atoms with Crippen molar-refractivity contribution in [2.24, 2.45) is 5.92 Å². The number of hydrogen-bond acceptors (Lipinski definition) is 3. The molecule has 0 heterocycles. The highest BCUT2D eigenvalue weighted by Crippen LogP contribution is 2.29. The lowest BCUT2D eigenvalue weighted by atomic mass is 9.87. The van der Waals surface area contributed by atoms with Gasteiger partial charge in [0.25, 0.3) is 0 Å². The Morgan fingerprint density at radius 2 is 1.86 bits per heavy atom. The number of rotatable bonds is 6. The highest BCUT2D eigenvalue weighted by molar-refractivity contribution is 5.33. The summed E-state index contributed by atoms with van der Waals surface area (Å²) in [5.41, 5.74) is 0.181. The lowest BCUT2D eigenvalue weighted by molar-refractivity contribution is 0.0731. The summed E-state index contributed by atoms with van der Waals surface area (Å²) in [5.74, 6) is 2.34. The van der Waals surface area contributed by atoms with Crippen LogP contribution in [0.4, 0.5) is 0 Å². The molecule has 1 saturated carbocycles. The van der Waals surface area contributed by atoms with E-state index in [1.54, 1.807) is 0 Å². The van der Waals surface area contributed by atoms with Crippen molar-refractivity contribution in [3.63, 3.8) is 0 Å². The Bertz CT molecular complexity index is 445. The predicted molar refractivity (Wildman–Crippen MR) is 87.1 cm³/mol. The van der Waals surface area contributed by atoms with Gasteiger partial charge in [0.1, 0.15) is 17.6 Å². The van der Waals surface area contributed by atoms with Crippen LogP contribution in [0.2, 0.25) is 0 Å². The van der Waals surface area contributed by atoms with Crippen LogP contribution in [0.5, 0.6) is 11.5 Å². The van der Waals surface area contributed by atoms with E-state index < -0.39 is 0 Å². The first-order chi connectivity index (χ1) is 9.82. The first-order valence-corrected chi connectivity index (χ1v) is 7.99. The van der Waals surface area contributed by atoms with Gasteiger partial charge in [-0.3, -0.25) is 0 Å². The monoisotopic (exact) mass is 291 g/mol. The predicted octanol–water partition coefficient (Wildman–Crippen LogP) is 4.02. The van der Waals surface area contributed by atoms with Gasteiger partial charge in [-0.05, 0) is 51.7 Å². The van der Waals surface area contributed by atoms with Crippen molar-refractivity contribution in [2.45, 2.75) is 65.1 Å². The summed E-state index contributed by atoms with van der Waals surface area (Å²) in [4.78, 5) is 0. The van der Waals surface area contributed by atoms with E-state index in [4.69, 9.17) is 9.47 Å². The molecule has 0 radical (unpaired) electrons. The Labute approximate surface area is 129 Å². The van der Waals surface area contributed by atoms with Gasteiger partial charge in [0.2, 0.25) is 0 Å². The van der Waals surface area contributed by atoms with Gasteiger partial charge < -0.3 is 14.8 Å². The van der Waals surface area contributed by atoms with Crippen molar-refractivity contribution < 1.29 is 9.47 Å². The van der Waals surface area contributed by atoms with Gasteiger partial charge in [0.15, 0.2) is 0 Å². The zero-order valence-corrected chi connectivity index (χ0v) is 14.0. The lowest BCUT2D eigenvalue weighted by Crippen LogP contribution is -2.53. The van der Waals surface area contributed by atoms with Gasteiger partial charge in [0, 0.05) is 17.6 Å². The Balaban J connectivity index is 1.78. The highest BCUT2D eigenvalue weighted by atomic mass is 16.5. The molecule has 3 heteroatoms. The Hall–Kier alpha value is -1.22. The number of hydrogen-bond donors (Lipinski definition) is 1. The second-order valence-electron chi connectivity index (χ2n) is 7.48. The van der Waals surface area contributed by atoms with Crippen LogP contribution in [0.25, 0.3) is 0 Å². The van der Waals surface area contributed by atoms with Crippen molar-refractivity contribution in [3.8, 4) is 11.5 Å². The smallest absolute Gasteiger partial charge is 0.123 e. The van der Waals surface area contributed by atoms with Crippen molar-refractivity contribution >= 4 is 0 Å². The molecule has 0 aromatic heterocycles. The van der Waals surface area contributed by atoms with Crippen LogP contribution in [-0.2, 0) is 0 Å². The van der Waals surface area contributed by atoms with Gasteiger partial charge in [-0.15, -0.1) is 0 Å². The fourth-order valence-electron chi connectivity index (χ4n) is 2.48. The highest BCUT2D eigenvalue weighted by Gasteiger charge is 2.33. The van der Waals surface area contributed by atoms with E-state index in [9.17, 15) is 0 Å².